The van der Waals surface area contributed by atoms with E-state index in [1.807, 2.05) is 0 Å². The van der Waals surface area contributed by atoms with E-state index in [-0.39, 0.29) is 5.54 Å². The average Bonchev–Trinajstić information content (AvgIpc) is 2.67. The Bertz CT molecular complexity index is 684. The van der Waals surface area contributed by atoms with Gasteiger partial charge in [-0.05, 0) is 76.9 Å². The molecule has 3 rings (SSSR count). The Morgan fingerprint density at radius 1 is 0.885 bits per heavy atom. The molecule has 0 aromatic heterocycles. The van der Waals surface area contributed by atoms with Crippen molar-refractivity contribution in [2.75, 3.05) is 27.7 Å². The normalized spacial score (nSPS) is 23.5. The number of benzene rings is 2. The lowest BCUT2D eigenvalue weighted by Gasteiger charge is -2.47. The van der Waals surface area contributed by atoms with E-state index in [1.54, 1.807) is 0 Å². The fourth-order valence-corrected chi connectivity index (χ4v) is 4.71. The topological polar surface area (TPSA) is 6.48 Å². The molecule has 0 heterocycles. The number of hydrogen-bond acceptors (Lipinski definition) is 2. The fraction of sp³-hybridized carbons (Fsp3) is 0.500. The first kappa shape index (κ1) is 19.1. The SMILES string of the molecule is Cc1ccccc1C1(N(C)C)CCC(N(C)CCc2ccccc2)CC1. The van der Waals surface area contributed by atoms with Crippen molar-refractivity contribution in [2.45, 2.75) is 50.6 Å². The maximum absolute atomic E-state index is 2.59. The molecular formula is C24H34N2. The van der Waals surface area contributed by atoms with Crippen molar-refractivity contribution in [3.8, 4) is 0 Å². The lowest BCUT2D eigenvalue weighted by molar-refractivity contribution is 0.0572. The second kappa shape index (κ2) is 8.37. The molecule has 0 aliphatic heterocycles. The molecular weight excluding hydrogens is 316 g/mol. The van der Waals surface area contributed by atoms with Crippen molar-refractivity contribution in [1.29, 1.82) is 0 Å². The van der Waals surface area contributed by atoms with Crippen molar-refractivity contribution < 1.29 is 0 Å². The predicted molar refractivity (Wildman–Crippen MR) is 112 cm³/mol. The van der Waals surface area contributed by atoms with Crippen LogP contribution in [0.2, 0.25) is 0 Å². The Morgan fingerprint density at radius 3 is 2.12 bits per heavy atom. The number of aryl methyl sites for hydroxylation is 1. The highest BCUT2D eigenvalue weighted by Crippen LogP contribution is 2.43. The molecule has 1 aliphatic rings. The van der Waals surface area contributed by atoms with Gasteiger partial charge in [0.25, 0.3) is 0 Å². The van der Waals surface area contributed by atoms with E-state index in [2.05, 4.69) is 92.5 Å². The molecule has 2 aromatic carbocycles. The molecule has 0 bridgehead atoms. The average molecular weight is 351 g/mol. The van der Waals surface area contributed by atoms with Gasteiger partial charge in [-0.2, -0.15) is 0 Å². The monoisotopic (exact) mass is 350 g/mol. The summed E-state index contributed by atoms with van der Waals surface area (Å²) in [7, 11) is 6.82. The summed E-state index contributed by atoms with van der Waals surface area (Å²) < 4.78 is 0. The first-order valence-corrected chi connectivity index (χ1v) is 10.0. The number of rotatable bonds is 6. The van der Waals surface area contributed by atoms with Crippen LogP contribution in [0, 0.1) is 6.92 Å². The maximum Gasteiger partial charge on any atom is 0.0458 e. The van der Waals surface area contributed by atoms with E-state index in [0.29, 0.717) is 6.04 Å². The molecule has 2 heteroatoms. The van der Waals surface area contributed by atoms with Gasteiger partial charge in [0, 0.05) is 18.1 Å². The summed E-state index contributed by atoms with van der Waals surface area (Å²) in [6, 6.07) is 20.5. The molecule has 0 spiro atoms. The summed E-state index contributed by atoms with van der Waals surface area (Å²) in [4.78, 5) is 5.06. The summed E-state index contributed by atoms with van der Waals surface area (Å²) in [6.07, 6.45) is 6.18. The maximum atomic E-state index is 2.59. The van der Waals surface area contributed by atoms with Crippen LogP contribution in [0.15, 0.2) is 54.6 Å². The van der Waals surface area contributed by atoms with Crippen molar-refractivity contribution in [3.63, 3.8) is 0 Å². The smallest absolute Gasteiger partial charge is 0.0458 e. The third-order valence-corrected chi connectivity index (χ3v) is 6.50. The highest BCUT2D eigenvalue weighted by Gasteiger charge is 2.40. The fourth-order valence-electron chi connectivity index (χ4n) is 4.71. The van der Waals surface area contributed by atoms with Gasteiger partial charge in [0.05, 0.1) is 0 Å². The van der Waals surface area contributed by atoms with E-state index in [0.717, 1.165) is 13.0 Å². The predicted octanol–water partition coefficient (Wildman–Crippen LogP) is 4.87. The van der Waals surface area contributed by atoms with Gasteiger partial charge in [-0.3, -0.25) is 4.90 Å². The van der Waals surface area contributed by atoms with Crippen molar-refractivity contribution in [2.24, 2.45) is 0 Å². The molecule has 0 amide bonds. The van der Waals surface area contributed by atoms with E-state index in [4.69, 9.17) is 0 Å². The quantitative estimate of drug-likeness (QED) is 0.733. The highest BCUT2D eigenvalue weighted by molar-refractivity contribution is 5.33. The van der Waals surface area contributed by atoms with Crippen LogP contribution >= 0.6 is 0 Å². The van der Waals surface area contributed by atoms with Crippen LogP contribution in [0.1, 0.15) is 42.4 Å². The lowest BCUT2D eigenvalue weighted by Crippen LogP contribution is -2.48. The molecule has 1 aliphatic carbocycles. The Hall–Kier alpha value is -1.64. The first-order valence-electron chi connectivity index (χ1n) is 10.0. The molecule has 0 atom stereocenters. The van der Waals surface area contributed by atoms with Gasteiger partial charge in [0.15, 0.2) is 0 Å². The minimum Gasteiger partial charge on any atom is -0.303 e. The zero-order valence-corrected chi connectivity index (χ0v) is 16.9. The summed E-state index contributed by atoms with van der Waals surface area (Å²) in [5, 5.41) is 0. The third-order valence-electron chi connectivity index (χ3n) is 6.50. The molecule has 1 saturated carbocycles. The van der Waals surface area contributed by atoms with Crippen LogP contribution in [-0.2, 0) is 12.0 Å². The van der Waals surface area contributed by atoms with Crippen LogP contribution in [0.3, 0.4) is 0 Å². The van der Waals surface area contributed by atoms with Gasteiger partial charge in [-0.15, -0.1) is 0 Å². The first-order chi connectivity index (χ1) is 12.5. The van der Waals surface area contributed by atoms with Crippen LogP contribution in [0.5, 0.6) is 0 Å². The van der Waals surface area contributed by atoms with Gasteiger partial charge >= 0.3 is 0 Å². The van der Waals surface area contributed by atoms with Crippen LogP contribution in [0.25, 0.3) is 0 Å². The molecule has 0 unspecified atom stereocenters. The third kappa shape index (κ3) is 4.02. The summed E-state index contributed by atoms with van der Waals surface area (Å²) in [6.45, 7) is 3.41. The van der Waals surface area contributed by atoms with E-state index in [9.17, 15) is 0 Å². The summed E-state index contributed by atoms with van der Waals surface area (Å²) >= 11 is 0. The standard InChI is InChI=1S/C24H34N2/c1-20-10-8-9-13-23(20)24(25(2)3)17-14-22(15-18-24)26(4)19-16-21-11-6-5-7-12-21/h5-13,22H,14-19H2,1-4H3. The minimum atomic E-state index is 0.197. The summed E-state index contributed by atoms with van der Waals surface area (Å²) in [5.41, 5.74) is 4.59. The molecule has 0 radical (unpaired) electrons. The molecule has 2 nitrogen and oxygen atoms in total. The number of nitrogens with zero attached hydrogens (tertiary/aromatic N) is 2. The molecule has 1 fully saturated rings. The molecule has 26 heavy (non-hydrogen) atoms. The molecule has 2 aromatic rings. The van der Waals surface area contributed by atoms with E-state index >= 15 is 0 Å². The Balaban J connectivity index is 1.64. The van der Waals surface area contributed by atoms with Gasteiger partial charge in [-0.1, -0.05) is 54.6 Å². The van der Waals surface area contributed by atoms with Crippen molar-refractivity contribution in [1.82, 2.24) is 9.80 Å². The second-order valence-corrected chi connectivity index (χ2v) is 8.19. The number of hydrogen-bond donors (Lipinski definition) is 0. The lowest BCUT2D eigenvalue weighted by atomic mass is 9.72. The van der Waals surface area contributed by atoms with Crippen molar-refractivity contribution in [3.05, 3.63) is 71.3 Å². The van der Waals surface area contributed by atoms with Crippen LogP contribution < -0.4 is 0 Å². The number of likely N-dealkylation sites (N-methyl/N-ethyl adjacent to an activating group) is 1. The summed E-state index contributed by atoms with van der Waals surface area (Å²) in [5.74, 6) is 0. The van der Waals surface area contributed by atoms with E-state index < -0.39 is 0 Å². The van der Waals surface area contributed by atoms with Crippen LogP contribution in [0.4, 0.5) is 0 Å². The molecule has 0 saturated heterocycles. The van der Waals surface area contributed by atoms with Crippen molar-refractivity contribution >= 4 is 0 Å². The molecule has 140 valence electrons. The zero-order chi connectivity index (χ0) is 18.6. The minimum absolute atomic E-state index is 0.197. The largest absolute Gasteiger partial charge is 0.303 e. The second-order valence-electron chi connectivity index (χ2n) is 8.19. The van der Waals surface area contributed by atoms with Crippen LogP contribution in [-0.4, -0.2) is 43.5 Å². The molecule has 0 N–H and O–H groups in total. The van der Waals surface area contributed by atoms with E-state index in [1.165, 1.54) is 42.4 Å². The zero-order valence-electron chi connectivity index (χ0n) is 16.9. The van der Waals surface area contributed by atoms with Gasteiger partial charge in [0.2, 0.25) is 0 Å². The highest BCUT2D eigenvalue weighted by atomic mass is 15.2. The van der Waals surface area contributed by atoms with Gasteiger partial charge in [-0.25, -0.2) is 0 Å². The van der Waals surface area contributed by atoms with Gasteiger partial charge < -0.3 is 4.90 Å². The Labute approximate surface area is 159 Å². The Kier molecular flexibility index (Phi) is 6.16. The van der Waals surface area contributed by atoms with Gasteiger partial charge in [0.1, 0.15) is 0 Å². The Morgan fingerprint density at radius 2 is 1.50 bits per heavy atom.